The van der Waals surface area contributed by atoms with Crippen LogP contribution in [0.25, 0.3) is 0 Å². The lowest BCUT2D eigenvalue weighted by Crippen LogP contribution is -2.41. The Balaban J connectivity index is 2.36. The van der Waals surface area contributed by atoms with E-state index in [0.717, 1.165) is 11.9 Å². The van der Waals surface area contributed by atoms with Crippen molar-refractivity contribution in [2.75, 3.05) is 19.1 Å². The first-order valence-corrected chi connectivity index (χ1v) is 6.93. The van der Waals surface area contributed by atoms with Gasteiger partial charge in [-0.2, -0.15) is 0 Å². The number of carbonyl (C=O) groups is 1. The zero-order chi connectivity index (χ0) is 15.8. The molecule has 1 heterocycles. The number of ether oxygens (including phenoxy) is 1. The van der Waals surface area contributed by atoms with E-state index in [4.69, 9.17) is 14.0 Å². The quantitative estimate of drug-likeness (QED) is 0.624. The Labute approximate surface area is 126 Å². The van der Waals surface area contributed by atoms with Gasteiger partial charge in [0.15, 0.2) is 0 Å². The minimum atomic E-state index is -0.459. The molecule has 1 amide bonds. The molecule has 1 saturated heterocycles. The molecule has 6 heteroatoms. The fraction of sp³-hybridized carbons (Fsp3) is 0.533. The van der Waals surface area contributed by atoms with Crippen molar-refractivity contribution in [2.24, 2.45) is 0 Å². The normalized spacial score (nSPS) is 19.4. The summed E-state index contributed by atoms with van der Waals surface area (Å²) >= 11 is 0. The van der Waals surface area contributed by atoms with E-state index >= 15 is 0 Å². The van der Waals surface area contributed by atoms with Crippen LogP contribution in [0.15, 0.2) is 18.2 Å². The van der Waals surface area contributed by atoms with E-state index in [9.17, 15) is 4.79 Å². The molecule has 0 aliphatic carbocycles. The van der Waals surface area contributed by atoms with Gasteiger partial charge in [-0.15, -0.1) is 0 Å². The van der Waals surface area contributed by atoms with Crippen molar-refractivity contribution in [3.8, 4) is 5.75 Å². The second-order valence-electron chi connectivity index (χ2n) is 6.24. The maximum Gasteiger partial charge on any atom is 0.494 e. The molecule has 1 aliphatic rings. The van der Waals surface area contributed by atoms with Crippen molar-refractivity contribution in [1.82, 2.24) is 0 Å². The highest BCUT2D eigenvalue weighted by molar-refractivity contribution is 6.62. The first kappa shape index (κ1) is 15.9. The molecule has 1 aromatic rings. The SMILES string of the molecule is COc1ccc(B2OC(C)(C)C(C)(C)O2)cc1N(C)C=O. The van der Waals surface area contributed by atoms with Gasteiger partial charge in [0.25, 0.3) is 0 Å². The molecule has 0 aromatic heterocycles. The molecule has 1 aromatic carbocycles. The molecular formula is C15H22BNO4. The average molecular weight is 291 g/mol. The van der Waals surface area contributed by atoms with Crippen molar-refractivity contribution in [2.45, 2.75) is 38.9 Å². The van der Waals surface area contributed by atoms with Crippen LogP contribution in [0.4, 0.5) is 5.69 Å². The second kappa shape index (κ2) is 5.35. The van der Waals surface area contributed by atoms with Gasteiger partial charge >= 0.3 is 7.12 Å². The Morgan fingerprint density at radius 3 is 2.24 bits per heavy atom. The van der Waals surface area contributed by atoms with Crippen molar-refractivity contribution in [1.29, 1.82) is 0 Å². The molecule has 0 N–H and O–H groups in total. The van der Waals surface area contributed by atoms with Crippen LogP contribution >= 0.6 is 0 Å². The molecule has 114 valence electrons. The summed E-state index contributed by atoms with van der Waals surface area (Å²) in [6.45, 7) is 8.04. The Kier molecular flexibility index (Phi) is 4.04. The summed E-state index contributed by atoms with van der Waals surface area (Å²) in [7, 11) is 2.80. The van der Waals surface area contributed by atoms with Crippen molar-refractivity contribution < 1.29 is 18.8 Å². The van der Waals surface area contributed by atoms with E-state index in [2.05, 4.69) is 0 Å². The predicted molar refractivity (Wildman–Crippen MR) is 83.2 cm³/mol. The van der Waals surface area contributed by atoms with Gasteiger partial charge in [0, 0.05) is 7.05 Å². The first-order valence-electron chi connectivity index (χ1n) is 6.93. The third kappa shape index (κ3) is 2.78. The zero-order valence-electron chi connectivity index (χ0n) is 13.5. The topological polar surface area (TPSA) is 48.0 Å². The monoisotopic (exact) mass is 291 g/mol. The third-order valence-electron chi connectivity index (χ3n) is 4.27. The fourth-order valence-corrected chi connectivity index (χ4v) is 2.17. The molecule has 21 heavy (non-hydrogen) atoms. The summed E-state index contributed by atoms with van der Waals surface area (Å²) in [4.78, 5) is 12.5. The van der Waals surface area contributed by atoms with E-state index in [1.54, 1.807) is 14.2 Å². The van der Waals surface area contributed by atoms with Crippen LogP contribution in [0.2, 0.25) is 0 Å². The van der Waals surface area contributed by atoms with Crippen molar-refractivity contribution >= 4 is 24.7 Å². The van der Waals surface area contributed by atoms with Crippen LogP contribution in [0.5, 0.6) is 5.75 Å². The lowest BCUT2D eigenvalue weighted by Gasteiger charge is -2.32. The summed E-state index contributed by atoms with van der Waals surface area (Å²) in [5.74, 6) is 0.630. The number of nitrogens with zero attached hydrogens (tertiary/aromatic N) is 1. The van der Waals surface area contributed by atoms with Gasteiger partial charge in [-0.25, -0.2) is 0 Å². The first-order chi connectivity index (χ1) is 9.71. The van der Waals surface area contributed by atoms with Crippen LogP contribution in [0, 0.1) is 0 Å². The summed E-state index contributed by atoms with van der Waals surface area (Å²) in [5, 5.41) is 0. The summed E-state index contributed by atoms with van der Waals surface area (Å²) in [6.07, 6.45) is 0.742. The fourth-order valence-electron chi connectivity index (χ4n) is 2.17. The van der Waals surface area contributed by atoms with Gasteiger partial charge in [-0.3, -0.25) is 4.79 Å². The minimum absolute atomic E-state index is 0.395. The zero-order valence-corrected chi connectivity index (χ0v) is 13.5. The predicted octanol–water partition coefficient (Wildman–Crippen LogP) is 1.59. The standard InChI is InChI=1S/C15H22BNO4/c1-14(2)15(3,4)21-16(20-14)11-7-8-13(19-6)12(9-11)17(5)10-18/h7-10H,1-6H3. The lowest BCUT2D eigenvalue weighted by atomic mass is 9.79. The van der Waals surface area contributed by atoms with E-state index in [1.165, 1.54) is 4.90 Å². The lowest BCUT2D eigenvalue weighted by molar-refractivity contribution is -0.107. The van der Waals surface area contributed by atoms with Gasteiger partial charge in [0.2, 0.25) is 6.41 Å². The maximum absolute atomic E-state index is 11.0. The third-order valence-corrected chi connectivity index (χ3v) is 4.27. The van der Waals surface area contributed by atoms with Gasteiger partial charge in [0.1, 0.15) is 5.75 Å². The van der Waals surface area contributed by atoms with Crippen molar-refractivity contribution in [3.05, 3.63) is 18.2 Å². The molecule has 0 saturated carbocycles. The largest absolute Gasteiger partial charge is 0.495 e. The molecule has 1 aliphatic heterocycles. The number of anilines is 1. The Hall–Kier alpha value is -1.53. The van der Waals surface area contributed by atoms with E-state index in [1.807, 2.05) is 45.9 Å². The molecule has 0 bridgehead atoms. The maximum atomic E-state index is 11.0. The highest BCUT2D eigenvalue weighted by atomic mass is 16.7. The Morgan fingerprint density at radius 2 is 1.76 bits per heavy atom. The van der Waals surface area contributed by atoms with Crippen LogP contribution < -0.4 is 15.1 Å². The number of benzene rings is 1. The van der Waals surface area contributed by atoms with Gasteiger partial charge in [-0.1, -0.05) is 6.07 Å². The van der Waals surface area contributed by atoms with E-state index in [0.29, 0.717) is 11.4 Å². The second-order valence-corrected chi connectivity index (χ2v) is 6.24. The molecule has 0 unspecified atom stereocenters. The number of hydrogen-bond acceptors (Lipinski definition) is 4. The Bertz CT molecular complexity index is 528. The smallest absolute Gasteiger partial charge is 0.494 e. The van der Waals surface area contributed by atoms with E-state index < -0.39 is 18.3 Å². The number of hydrogen-bond donors (Lipinski definition) is 0. The number of rotatable bonds is 4. The van der Waals surface area contributed by atoms with Gasteiger partial charge in [-0.05, 0) is 45.3 Å². The number of methoxy groups -OCH3 is 1. The van der Waals surface area contributed by atoms with Crippen LogP contribution in [-0.2, 0) is 14.1 Å². The summed E-state index contributed by atoms with van der Waals surface area (Å²) in [5.41, 5.74) is 0.751. The van der Waals surface area contributed by atoms with Crippen LogP contribution in [-0.4, -0.2) is 38.9 Å². The molecule has 1 fully saturated rings. The molecule has 5 nitrogen and oxygen atoms in total. The van der Waals surface area contributed by atoms with Gasteiger partial charge < -0.3 is 18.9 Å². The highest BCUT2D eigenvalue weighted by Gasteiger charge is 2.51. The molecule has 0 radical (unpaired) electrons. The van der Waals surface area contributed by atoms with Crippen LogP contribution in [0.1, 0.15) is 27.7 Å². The average Bonchev–Trinajstić information content (AvgIpc) is 2.66. The van der Waals surface area contributed by atoms with Crippen LogP contribution in [0.3, 0.4) is 0 Å². The number of carbonyl (C=O) groups excluding carboxylic acids is 1. The number of amides is 1. The molecule has 2 rings (SSSR count). The van der Waals surface area contributed by atoms with Gasteiger partial charge in [0.05, 0.1) is 24.0 Å². The van der Waals surface area contributed by atoms with E-state index in [-0.39, 0.29) is 0 Å². The molecule has 0 atom stereocenters. The highest BCUT2D eigenvalue weighted by Crippen LogP contribution is 2.37. The summed E-state index contributed by atoms with van der Waals surface area (Å²) in [6, 6.07) is 5.56. The molecular weight excluding hydrogens is 269 g/mol. The summed E-state index contributed by atoms with van der Waals surface area (Å²) < 4.78 is 17.3. The molecule has 0 spiro atoms. The van der Waals surface area contributed by atoms with Crippen molar-refractivity contribution in [3.63, 3.8) is 0 Å². The Morgan fingerprint density at radius 1 is 1.19 bits per heavy atom. The minimum Gasteiger partial charge on any atom is -0.495 e.